The predicted molar refractivity (Wildman–Crippen MR) is 139 cm³/mol. The highest BCUT2D eigenvalue weighted by molar-refractivity contribution is 6.33. The van der Waals surface area contributed by atoms with Crippen molar-refractivity contribution in [2.24, 2.45) is 5.10 Å². The van der Waals surface area contributed by atoms with Gasteiger partial charge in [0.1, 0.15) is 22.3 Å². The molecule has 8 heteroatoms. The third-order valence-corrected chi connectivity index (χ3v) is 6.72. The van der Waals surface area contributed by atoms with Gasteiger partial charge in [0.05, 0.1) is 24.9 Å². The van der Waals surface area contributed by atoms with Crippen LogP contribution in [0, 0.1) is 5.41 Å². The van der Waals surface area contributed by atoms with Crippen molar-refractivity contribution in [2.45, 2.75) is 31.8 Å². The molecule has 2 atom stereocenters. The van der Waals surface area contributed by atoms with Crippen LogP contribution in [0.1, 0.15) is 25.3 Å². The van der Waals surface area contributed by atoms with Gasteiger partial charge in [0.2, 0.25) is 5.91 Å². The number of allylic oxidation sites excluding steroid dienone is 1. The van der Waals surface area contributed by atoms with Crippen molar-refractivity contribution in [3.8, 4) is 17.2 Å². The van der Waals surface area contributed by atoms with E-state index in [-0.39, 0.29) is 18.0 Å². The normalized spacial score (nSPS) is 20.7. The Morgan fingerprint density at radius 1 is 1.26 bits per heavy atom. The van der Waals surface area contributed by atoms with Crippen molar-refractivity contribution in [3.63, 3.8) is 0 Å². The van der Waals surface area contributed by atoms with Crippen LogP contribution >= 0.6 is 11.6 Å². The molecule has 0 aliphatic carbocycles. The van der Waals surface area contributed by atoms with Crippen molar-refractivity contribution in [3.05, 3.63) is 77.4 Å². The van der Waals surface area contributed by atoms with E-state index in [4.69, 9.17) is 31.6 Å². The minimum Gasteiger partial charge on any atom is -0.495 e. The van der Waals surface area contributed by atoms with Gasteiger partial charge in [-0.3, -0.25) is 9.80 Å². The molecule has 0 saturated carbocycles. The Balaban J connectivity index is 1.58. The standard InChI is InChI=1S/C27H29ClN4O3/c1-4-21-22(13-15-29)32(19-14-16-31(17-19)25(33)5-2)30-27(21)18-9-11-20(12-10-18)35-24-8-6-7-23(34-3)26(24)28/h4-12,15,19,22,29H,2,13-14,16-17H2,1,3H3/b21-4+,29-15?/t19-,22?/m1/s1. The van der Waals surface area contributed by atoms with Crippen LogP contribution in [0.25, 0.3) is 0 Å². The van der Waals surface area contributed by atoms with Gasteiger partial charge in [0.25, 0.3) is 0 Å². The smallest absolute Gasteiger partial charge is 0.246 e. The lowest BCUT2D eigenvalue weighted by Gasteiger charge is -2.29. The molecule has 2 aliphatic heterocycles. The van der Waals surface area contributed by atoms with Gasteiger partial charge in [-0.1, -0.05) is 30.3 Å². The average Bonchev–Trinajstić information content (AvgIpc) is 3.50. The van der Waals surface area contributed by atoms with Crippen molar-refractivity contribution in [1.29, 1.82) is 5.41 Å². The maximum atomic E-state index is 12.1. The first kappa shape index (κ1) is 24.5. The van der Waals surface area contributed by atoms with E-state index in [9.17, 15) is 4.79 Å². The number of rotatable bonds is 8. The van der Waals surface area contributed by atoms with E-state index in [1.54, 1.807) is 24.1 Å². The lowest BCUT2D eigenvalue weighted by molar-refractivity contribution is -0.125. The third kappa shape index (κ3) is 4.95. The monoisotopic (exact) mass is 492 g/mol. The Bertz CT molecular complexity index is 1180. The quantitative estimate of drug-likeness (QED) is 0.400. The highest BCUT2D eigenvalue weighted by atomic mass is 35.5. The summed E-state index contributed by atoms with van der Waals surface area (Å²) < 4.78 is 11.2. The summed E-state index contributed by atoms with van der Waals surface area (Å²) in [6, 6.07) is 13.2. The van der Waals surface area contributed by atoms with Gasteiger partial charge in [0.15, 0.2) is 0 Å². The second-order valence-corrected chi connectivity index (χ2v) is 8.74. The minimum atomic E-state index is -0.0579. The number of hydrogen-bond acceptors (Lipinski definition) is 6. The Hall–Kier alpha value is -3.58. The molecule has 2 aromatic carbocycles. The van der Waals surface area contributed by atoms with Gasteiger partial charge in [-0.05, 0) is 62.0 Å². The molecule has 0 aromatic heterocycles. The third-order valence-electron chi connectivity index (χ3n) is 6.35. The molecule has 1 N–H and O–H groups in total. The van der Waals surface area contributed by atoms with Gasteiger partial charge < -0.3 is 19.8 Å². The second-order valence-electron chi connectivity index (χ2n) is 8.36. The molecule has 2 aliphatic rings. The summed E-state index contributed by atoms with van der Waals surface area (Å²) >= 11 is 6.36. The highest BCUT2D eigenvalue weighted by Gasteiger charge is 2.39. The average molecular weight is 493 g/mol. The number of ether oxygens (including phenoxy) is 2. The molecule has 1 saturated heterocycles. The summed E-state index contributed by atoms with van der Waals surface area (Å²) in [5.74, 6) is 1.66. The number of halogens is 1. The first-order chi connectivity index (χ1) is 17.0. The number of carbonyl (C=O) groups is 1. The number of benzene rings is 2. The molecular weight excluding hydrogens is 464 g/mol. The summed E-state index contributed by atoms with van der Waals surface area (Å²) in [6.07, 6.45) is 6.23. The maximum absolute atomic E-state index is 12.1. The van der Waals surface area contributed by atoms with E-state index in [1.165, 1.54) is 12.3 Å². The fourth-order valence-electron chi connectivity index (χ4n) is 4.60. The molecule has 35 heavy (non-hydrogen) atoms. The summed E-state index contributed by atoms with van der Waals surface area (Å²) in [5.41, 5.74) is 2.90. The fourth-order valence-corrected chi connectivity index (χ4v) is 4.84. The van der Waals surface area contributed by atoms with Crippen molar-refractivity contribution >= 4 is 29.4 Å². The van der Waals surface area contributed by atoms with Crippen LogP contribution in [0.4, 0.5) is 0 Å². The molecule has 1 fully saturated rings. The lowest BCUT2D eigenvalue weighted by Crippen LogP contribution is -2.40. The summed E-state index contributed by atoms with van der Waals surface area (Å²) in [5, 5.41) is 15.2. The first-order valence-corrected chi connectivity index (χ1v) is 11.9. The van der Waals surface area contributed by atoms with Crippen LogP contribution in [0.5, 0.6) is 17.2 Å². The SMILES string of the molecule is C=CC(=O)N1CC[C@@H](N2N=C(c3ccc(Oc4cccc(OC)c4Cl)cc3)/C(=C/C)C2CC=N)C1. The summed E-state index contributed by atoms with van der Waals surface area (Å²) in [6.45, 7) is 6.87. The number of amides is 1. The highest BCUT2D eigenvalue weighted by Crippen LogP contribution is 2.37. The van der Waals surface area contributed by atoms with Crippen LogP contribution in [0.3, 0.4) is 0 Å². The van der Waals surface area contributed by atoms with Gasteiger partial charge in [0, 0.05) is 30.6 Å². The molecule has 182 valence electrons. The molecule has 0 radical (unpaired) electrons. The molecular formula is C27H29ClN4O3. The number of nitrogens with zero attached hydrogens (tertiary/aromatic N) is 3. The van der Waals surface area contributed by atoms with Crippen LogP contribution in [0.2, 0.25) is 5.02 Å². The van der Waals surface area contributed by atoms with E-state index >= 15 is 0 Å². The van der Waals surface area contributed by atoms with E-state index in [0.29, 0.717) is 41.8 Å². The summed E-state index contributed by atoms with van der Waals surface area (Å²) in [4.78, 5) is 13.9. The predicted octanol–water partition coefficient (Wildman–Crippen LogP) is 5.30. The second kappa shape index (κ2) is 10.8. The molecule has 0 spiro atoms. The molecule has 1 amide bonds. The van der Waals surface area contributed by atoms with E-state index < -0.39 is 0 Å². The fraction of sp³-hybridized carbons (Fsp3) is 0.296. The molecule has 1 unspecified atom stereocenters. The molecule has 0 bridgehead atoms. The van der Waals surface area contributed by atoms with Crippen LogP contribution in [-0.4, -0.2) is 60.0 Å². The zero-order chi connectivity index (χ0) is 24.9. The zero-order valence-electron chi connectivity index (χ0n) is 19.9. The maximum Gasteiger partial charge on any atom is 0.246 e. The number of carbonyl (C=O) groups excluding carboxylic acids is 1. The molecule has 7 nitrogen and oxygen atoms in total. The Morgan fingerprint density at radius 3 is 2.66 bits per heavy atom. The Morgan fingerprint density at radius 2 is 2.00 bits per heavy atom. The minimum absolute atomic E-state index is 0.0391. The zero-order valence-corrected chi connectivity index (χ0v) is 20.7. The van der Waals surface area contributed by atoms with Gasteiger partial charge in [-0.2, -0.15) is 5.10 Å². The van der Waals surface area contributed by atoms with Crippen molar-refractivity contribution in [1.82, 2.24) is 9.91 Å². The van der Waals surface area contributed by atoms with Crippen LogP contribution in [0.15, 0.2) is 71.9 Å². The van der Waals surface area contributed by atoms with E-state index in [0.717, 1.165) is 23.3 Å². The summed E-state index contributed by atoms with van der Waals surface area (Å²) in [7, 11) is 1.57. The Kier molecular flexibility index (Phi) is 7.56. The van der Waals surface area contributed by atoms with Crippen LogP contribution in [-0.2, 0) is 4.79 Å². The number of methoxy groups -OCH3 is 1. The number of hydrogen-bond donors (Lipinski definition) is 1. The molecule has 2 heterocycles. The topological polar surface area (TPSA) is 78.2 Å². The number of nitrogens with one attached hydrogen (secondary N) is 1. The number of likely N-dealkylation sites (tertiary alicyclic amines) is 1. The first-order valence-electron chi connectivity index (χ1n) is 11.5. The van der Waals surface area contributed by atoms with E-state index in [1.807, 2.05) is 37.3 Å². The van der Waals surface area contributed by atoms with Gasteiger partial charge in [-0.15, -0.1) is 0 Å². The van der Waals surface area contributed by atoms with Gasteiger partial charge >= 0.3 is 0 Å². The molecule has 4 rings (SSSR count). The molecule has 2 aromatic rings. The van der Waals surface area contributed by atoms with Crippen LogP contribution < -0.4 is 9.47 Å². The van der Waals surface area contributed by atoms with Crippen molar-refractivity contribution in [2.75, 3.05) is 20.2 Å². The lowest BCUT2D eigenvalue weighted by atomic mass is 9.95. The van der Waals surface area contributed by atoms with Crippen molar-refractivity contribution < 1.29 is 14.3 Å². The van der Waals surface area contributed by atoms with Gasteiger partial charge in [-0.25, -0.2) is 0 Å². The largest absolute Gasteiger partial charge is 0.495 e. The number of hydrazone groups is 1. The van der Waals surface area contributed by atoms with E-state index in [2.05, 4.69) is 17.7 Å². The Labute approximate surface area is 210 Å².